The first-order valence-electron chi connectivity index (χ1n) is 6.70. The summed E-state index contributed by atoms with van der Waals surface area (Å²) in [5, 5.41) is 3.72. The summed E-state index contributed by atoms with van der Waals surface area (Å²) in [6.07, 6.45) is 2.19. The lowest BCUT2D eigenvalue weighted by molar-refractivity contribution is 0.00563. The molecule has 0 fully saturated rings. The Labute approximate surface area is 109 Å². The molecule has 0 radical (unpaired) electrons. The zero-order valence-electron chi connectivity index (χ0n) is 13.4. The van der Waals surface area contributed by atoms with Crippen molar-refractivity contribution in [2.45, 2.75) is 85.4 Å². The Morgan fingerprint density at radius 1 is 1.00 bits per heavy atom. The maximum absolute atomic E-state index is 5.48. The molecule has 0 aromatic carbocycles. The summed E-state index contributed by atoms with van der Waals surface area (Å²) in [6.45, 7) is 18.0. The van der Waals surface area contributed by atoms with Crippen LogP contribution in [-0.4, -0.2) is 24.3 Å². The van der Waals surface area contributed by atoms with Crippen molar-refractivity contribution in [1.29, 1.82) is 0 Å². The van der Waals surface area contributed by atoms with Gasteiger partial charge in [-0.2, -0.15) is 0 Å². The largest absolute Gasteiger partial charge is 0.379 e. The first kappa shape index (κ1) is 16.9. The van der Waals surface area contributed by atoms with Crippen LogP contribution in [-0.2, 0) is 4.74 Å². The van der Waals surface area contributed by atoms with Crippen molar-refractivity contribution >= 4 is 0 Å². The minimum atomic E-state index is -0.0514. The quantitative estimate of drug-likeness (QED) is 0.761. The Balaban J connectivity index is 4.32. The second kappa shape index (κ2) is 5.71. The molecule has 2 nitrogen and oxygen atoms in total. The van der Waals surface area contributed by atoms with Crippen LogP contribution in [0.1, 0.15) is 68.2 Å². The Bertz CT molecular complexity index is 226. The Hall–Kier alpha value is -0.0800. The topological polar surface area (TPSA) is 21.3 Å². The number of hydrogen-bond donors (Lipinski definition) is 1. The van der Waals surface area contributed by atoms with E-state index in [1.807, 2.05) is 0 Å². The van der Waals surface area contributed by atoms with Gasteiger partial charge in [-0.15, -0.1) is 0 Å². The average molecular weight is 243 g/mol. The minimum absolute atomic E-state index is 0.0514. The van der Waals surface area contributed by atoms with Gasteiger partial charge in [-0.1, -0.05) is 20.8 Å². The van der Waals surface area contributed by atoms with Gasteiger partial charge in [0.1, 0.15) is 0 Å². The van der Waals surface area contributed by atoms with Crippen molar-refractivity contribution in [2.75, 3.05) is 7.11 Å². The second-order valence-corrected chi connectivity index (χ2v) is 7.83. The van der Waals surface area contributed by atoms with Crippen molar-refractivity contribution in [1.82, 2.24) is 5.32 Å². The van der Waals surface area contributed by atoms with E-state index >= 15 is 0 Å². The van der Waals surface area contributed by atoms with Gasteiger partial charge < -0.3 is 10.1 Å². The highest BCUT2D eigenvalue weighted by atomic mass is 16.5. The van der Waals surface area contributed by atoms with Crippen LogP contribution in [0.2, 0.25) is 0 Å². The molecule has 17 heavy (non-hydrogen) atoms. The molecule has 0 saturated carbocycles. The standard InChI is InChI=1S/C15H33NO/c1-12(10-15(7,8)17-9)16-14(5,6)11-13(2,3)4/h12,16H,10-11H2,1-9H3. The molecular formula is C15H33NO. The zero-order valence-corrected chi connectivity index (χ0v) is 13.4. The van der Waals surface area contributed by atoms with Crippen molar-refractivity contribution in [3.63, 3.8) is 0 Å². The Morgan fingerprint density at radius 3 is 1.82 bits per heavy atom. The van der Waals surface area contributed by atoms with Crippen LogP contribution < -0.4 is 5.32 Å². The van der Waals surface area contributed by atoms with Crippen LogP contribution in [0.25, 0.3) is 0 Å². The summed E-state index contributed by atoms with van der Waals surface area (Å²) in [6, 6.07) is 0.460. The molecule has 1 unspecified atom stereocenters. The lowest BCUT2D eigenvalue weighted by Gasteiger charge is -2.37. The average Bonchev–Trinajstić information content (AvgIpc) is 1.96. The van der Waals surface area contributed by atoms with E-state index < -0.39 is 0 Å². The summed E-state index contributed by atoms with van der Waals surface area (Å²) >= 11 is 0. The fourth-order valence-corrected chi connectivity index (χ4v) is 2.92. The van der Waals surface area contributed by atoms with Gasteiger partial charge in [0.15, 0.2) is 0 Å². The maximum atomic E-state index is 5.48. The van der Waals surface area contributed by atoms with Crippen molar-refractivity contribution in [3.05, 3.63) is 0 Å². The number of methoxy groups -OCH3 is 1. The van der Waals surface area contributed by atoms with E-state index in [0.717, 1.165) is 12.8 Å². The minimum Gasteiger partial charge on any atom is -0.379 e. The second-order valence-electron chi connectivity index (χ2n) is 7.83. The first-order valence-corrected chi connectivity index (χ1v) is 6.70. The van der Waals surface area contributed by atoms with Gasteiger partial charge in [0.05, 0.1) is 5.60 Å². The Kier molecular flexibility index (Phi) is 5.68. The molecule has 0 aliphatic carbocycles. The van der Waals surface area contributed by atoms with Crippen molar-refractivity contribution in [3.8, 4) is 0 Å². The van der Waals surface area contributed by atoms with Gasteiger partial charge in [0.25, 0.3) is 0 Å². The van der Waals surface area contributed by atoms with Crippen molar-refractivity contribution < 1.29 is 4.74 Å². The molecule has 1 atom stereocenters. The zero-order chi connectivity index (χ0) is 13.9. The van der Waals surface area contributed by atoms with E-state index in [1.165, 1.54) is 0 Å². The van der Waals surface area contributed by atoms with E-state index in [1.54, 1.807) is 7.11 Å². The van der Waals surface area contributed by atoms with E-state index in [0.29, 0.717) is 11.5 Å². The summed E-state index contributed by atoms with van der Waals surface area (Å²) in [4.78, 5) is 0. The van der Waals surface area contributed by atoms with Gasteiger partial charge in [-0.05, 0) is 52.9 Å². The van der Waals surface area contributed by atoms with Gasteiger partial charge in [-0.3, -0.25) is 0 Å². The van der Waals surface area contributed by atoms with E-state index in [4.69, 9.17) is 4.74 Å². The molecule has 0 heterocycles. The lowest BCUT2D eigenvalue weighted by Crippen LogP contribution is -2.49. The van der Waals surface area contributed by atoms with Gasteiger partial charge in [-0.25, -0.2) is 0 Å². The molecule has 1 N–H and O–H groups in total. The highest BCUT2D eigenvalue weighted by Crippen LogP contribution is 2.28. The smallest absolute Gasteiger partial charge is 0.0637 e. The molecule has 0 aliphatic heterocycles. The first-order chi connectivity index (χ1) is 7.37. The summed E-state index contributed by atoms with van der Waals surface area (Å²) < 4.78 is 5.48. The predicted octanol–water partition coefficient (Wildman–Crippen LogP) is 3.99. The number of rotatable bonds is 6. The normalized spacial score (nSPS) is 16.1. The SMILES string of the molecule is COC(C)(C)CC(C)NC(C)(C)CC(C)(C)C. The third kappa shape index (κ3) is 8.62. The molecule has 104 valence electrons. The third-order valence-corrected chi connectivity index (χ3v) is 2.96. The van der Waals surface area contributed by atoms with Gasteiger partial charge >= 0.3 is 0 Å². The van der Waals surface area contributed by atoms with E-state index in [-0.39, 0.29) is 11.1 Å². The van der Waals surface area contributed by atoms with Crippen LogP contribution in [0.5, 0.6) is 0 Å². The Morgan fingerprint density at radius 2 is 1.47 bits per heavy atom. The number of nitrogens with one attached hydrogen (secondary N) is 1. The van der Waals surface area contributed by atoms with E-state index in [2.05, 4.69) is 60.7 Å². The summed E-state index contributed by atoms with van der Waals surface area (Å²) in [5.74, 6) is 0. The number of hydrogen-bond acceptors (Lipinski definition) is 2. The van der Waals surface area contributed by atoms with Crippen LogP contribution in [0.3, 0.4) is 0 Å². The highest BCUT2D eigenvalue weighted by molar-refractivity contribution is 4.87. The monoisotopic (exact) mass is 243 g/mol. The fourth-order valence-electron chi connectivity index (χ4n) is 2.92. The molecule has 0 bridgehead atoms. The maximum Gasteiger partial charge on any atom is 0.0637 e. The predicted molar refractivity (Wildman–Crippen MR) is 76.5 cm³/mol. The molecule has 0 saturated heterocycles. The molecule has 0 aliphatic rings. The van der Waals surface area contributed by atoms with Crippen LogP contribution in [0.4, 0.5) is 0 Å². The van der Waals surface area contributed by atoms with Gasteiger partial charge in [0.2, 0.25) is 0 Å². The van der Waals surface area contributed by atoms with Crippen LogP contribution >= 0.6 is 0 Å². The van der Waals surface area contributed by atoms with E-state index in [9.17, 15) is 0 Å². The molecule has 0 aromatic rings. The molecule has 0 amide bonds. The van der Waals surface area contributed by atoms with Crippen molar-refractivity contribution in [2.24, 2.45) is 5.41 Å². The van der Waals surface area contributed by atoms with Gasteiger partial charge in [0, 0.05) is 18.7 Å². The summed E-state index contributed by atoms with van der Waals surface area (Å²) in [7, 11) is 1.78. The molecule has 2 heteroatoms. The molecule has 0 aromatic heterocycles. The molecule has 0 spiro atoms. The summed E-state index contributed by atoms with van der Waals surface area (Å²) in [5.41, 5.74) is 0.471. The van der Waals surface area contributed by atoms with Crippen LogP contribution in [0.15, 0.2) is 0 Å². The molecular weight excluding hydrogens is 210 g/mol. The highest BCUT2D eigenvalue weighted by Gasteiger charge is 2.28. The lowest BCUT2D eigenvalue weighted by atomic mass is 9.81. The number of ether oxygens (including phenoxy) is 1. The third-order valence-electron chi connectivity index (χ3n) is 2.96. The van der Waals surface area contributed by atoms with Crippen LogP contribution in [0, 0.1) is 5.41 Å². The molecule has 0 rings (SSSR count). The fraction of sp³-hybridized carbons (Fsp3) is 1.00.